The molecule has 0 aromatic heterocycles. The Hall–Kier alpha value is -2.22. The molecule has 2 atom stereocenters. The van der Waals surface area contributed by atoms with Crippen LogP contribution in [0.3, 0.4) is 0 Å². The summed E-state index contributed by atoms with van der Waals surface area (Å²) in [7, 11) is -3.69. The first kappa shape index (κ1) is 20.1. The van der Waals surface area contributed by atoms with E-state index in [0.29, 0.717) is 25.2 Å². The number of nitrogens with two attached hydrogens (primary N) is 1. The zero-order chi connectivity index (χ0) is 20.8. The Bertz CT molecular complexity index is 1090. The average Bonchev–Trinajstić information content (AvgIpc) is 3.06. The molecule has 154 valence electrons. The summed E-state index contributed by atoms with van der Waals surface area (Å²) in [5.41, 5.74) is 12.1. The van der Waals surface area contributed by atoms with Crippen molar-refractivity contribution in [3.63, 3.8) is 0 Å². The Morgan fingerprint density at radius 1 is 1.10 bits per heavy atom. The highest BCUT2D eigenvalue weighted by atomic mass is 32.2. The molecule has 2 aromatic rings. The molecular weight excluding hydrogens is 386 g/mol. The van der Waals surface area contributed by atoms with Crippen molar-refractivity contribution in [1.29, 1.82) is 0 Å². The van der Waals surface area contributed by atoms with Crippen LogP contribution in [0.1, 0.15) is 47.9 Å². The van der Waals surface area contributed by atoms with E-state index in [1.165, 1.54) is 0 Å². The SMILES string of the molecule is Cc1cc(S(=O)(=O)N[C@@H]2CCCC[C@H]2O)ccc1-c1ccc2c(c1C)C(N)=NC2. The molecule has 29 heavy (non-hydrogen) atoms. The van der Waals surface area contributed by atoms with E-state index in [2.05, 4.69) is 15.8 Å². The van der Waals surface area contributed by atoms with Crippen molar-refractivity contribution in [3.05, 3.63) is 52.6 Å². The Kier molecular flexibility index (Phi) is 5.23. The van der Waals surface area contributed by atoms with Crippen LogP contribution in [0, 0.1) is 13.8 Å². The third kappa shape index (κ3) is 3.70. The number of aryl methyl sites for hydroxylation is 1. The number of rotatable bonds is 4. The monoisotopic (exact) mass is 413 g/mol. The summed E-state index contributed by atoms with van der Waals surface area (Å²) in [6.07, 6.45) is 2.53. The highest BCUT2D eigenvalue weighted by Crippen LogP contribution is 2.33. The Balaban J connectivity index is 1.65. The summed E-state index contributed by atoms with van der Waals surface area (Å²) in [5, 5.41) is 10.1. The lowest BCUT2D eigenvalue weighted by atomic mass is 9.91. The van der Waals surface area contributed by atoms with Crippen molar-refractivity contribution in [2.45, 2.75) is 63.1 Å². The van der Waals surface area contributed by atoms with Gasteiger partial charge in [0.15, 0.2) is 0 Å². The number of sulfonamides is 1. The fourth-order valence-electron chi connectivity index (χ4n) is 4.42. The molecule has 0 bridgehead atoms. The molecule has 4 rings (SSSR count). The number of aliphatic hydroxyl groups is 1. The van der Waals surface area contributed by atoms with Gasteiger partial charge in [0.1, 0.15) is 5.84 Å². The van der Waals surface area contributed by atoms with Gasteiger partial charge in [0.25, 0.3) is 0 Å². The molecule has 7 heteroatoms. The van der Waals surface area contributed by atoms with Gasteiger partial charge >= 0.3 is 0 Å². The topological polar surface area (TPSA) is 105 Å². The number of amidine groups is 1. The van der Waals surface area contributed by atoms with Crippen molar-refractivity contribution in [1.82, 2.24) is 4.72 Å². The maximum atomic E-state index is 12.9. The zero-order valence-corrected chi connectivity index (χ0v) is 17.6. The van der Waals surface area contributed by atoms with Crippen molar-refractivity contribution in [3.8, 4) is 11.1 Å². The van der Waals surface area contributed by atoms with Crippen molar-refractivity contribution < 1.29 is 13.5 Å². The first-order valence-electron chi connectivity index (χ1n) is 10.0. The third-order valence-corrected chi connectivity index (χ3v) is 7.55. The van der Waals surface area contributed by atoms with E-state index in [4.69, 9.17) is 5.73 Å². The number of hydrogen-bond donors (Lipinski definition) is 3. The smallest absolute Gasteiger partial charge is 0.240 e. The number of benzene rings is 2. The molecule has 0 amide bonds. The van der Waals surface area contributed by atoms with Gasteiger partial charge in [-0.25, -0.2) is 13.1 Å². The number of hydrogen-bond acceptors (Lipinski definition) is 5. The molecule has 0 radical (unpaired) electrons. The largest absolute Gasteiger partial charge is 0.391 e. The van der Waals surface area contributed by atoms with E-state index in [0.717, 1.165) is 46.2 Å². The Morgan fingerprint density at radius 2 is 1.83 bits per heavy atom. The number of nitrogens with zero attached hydrogens (tertiary/aromatic N) is 1. The summed E-state index contributed by atoms with van der Waals surface area (Å²) in [6, 6.07) is 8.83. The van der Waals surface area contributed by atoms with Crippen LogP contribution in [0.25, 0.3) is 11.1 Å². The second-order valence-corrected chi connectivity index (χ2v) is 9.74. The lowest BCUT2D eigenvalue weighted by Crippen LogP contribution is -2.44. The predicted octanol–water partition coefficient (Wildman–Crippen LogP) is 2.77. The normalized spacial score (nSPS) is 21.7. The number of fused-ring (bicyclic) bond motifs is 1. The van der Waals surface area contributed by atoms with E-state index >= 15 is 0 Å². The van der Waals surface area contributed by atoms with E-state index in [1.807, 2.05) is 26.0 Å². The predicted molar refractivity (Wildman–Crippen MR) is 114 cm³/mol. The quantitative estimate of drug-likeness (QED) is 0.717. The number of aliphatic imine (C=N–C) groups is 1. The zero-order valence-electron chi connectivity index (χ0n) is 16.8. The molecule has 6 nitrogen and oxygen atoms in total. The maximum Gasteiger partial charge on any atom is 0.240 e. The standard InChI is InChI=1S/C22H27N3O3S/c1-13-11-16(29(27,28)25-19-5-3-4-6-20(19)26)8-10-17(13)18-9-7-15-12-24-22(23)21(15)14(18)2/h7-11,19-20,25-26H,3-6,12H2,1-2H3,(H2,23,24)/t19-,20-/m1/s1. The minimum atomic E-state index is -3.69. The van der Waals surface area contributed by atoms with Crippen LogP contribution in [0.5, 0.6) is 0 Å². The molecule has 1 saturated carbocycles. The fourth-order valence-corrected chi connectivity index (χ4v) is 5.81. The van der Waals surface area contributed by atoms with Crippen LogP contribution in [0.2, 0.25) is 0 Å². The van der Waals surface area contributed by atoms with E-state index < -0.39 is 22.2 Å². The summed E-state index contributed by atoms with van der Waals surface area (Å²) >= 11 is 0. The van der Waals surface area contributed by atoms with E-state index in [9.17, 15) is 13.5 Å². The molecule has 1 aliphatic carbocycles. The van der Waals surface area contributed by atoms with Crippen LogP contribution < -0.4 is 10.5 Å². The van der Waals surface area contributed by atoms with Crippen molar-refractivity contribution >= 4 is 15.9 Å². The minimum Gasteiger partial charge on any atom is -0.391 e. The molecule has 2 aromatic carbocycles. The molecule has 1 aliphatic heterocycles. The van der Waals surface area contributed by atoms with Gasteiger partial charge in [0.05, 0.1) is 17.5 Å². The van der Waals surface area contributed by atoms with Gasteiger partial charge < -0.3 is 10.8 Å². The molecule has 0 spiro atoms. The maximum absolute atomic E-state index is 12.9. The van der Waals surface area contributed by atoms with E-state index in [-0.39, 0.29) is 4.90 Å². The molecule has 1 heterocycles. The highest BCUT2D eigenvalue weighted by Gasteiger charge is 2.28. The first-order chi connectivity index (χ1) is 13.8. The second-order valence-electron chi connectivity index (χ2n) is 8.03. The molecule has 4 N–H and O–H groups in total. The molecule has 2 aliphatic rings. The highest BCUT2D eigenvalue weighted by molar-refractivity contribution is 7.89. The second kappa shape index (κ2) is 7.55. The Labute approximate surface area is 171 Å². The molecule has 1 fully saturated rings. The number of aliphatic hydroxyl groups excluding tert-OH is 1. The molecule has 0 unspecified atom stereocenters. The van der Waals surface area contributed by atoms with Crippen molar-refractivity contribution in [2.24, 2.45) is 10.7 Å². The average molecular weight is 414 g/mol. The van der Waals surface area contributed by atoms with Crippen LogP contribution in [-0.4, -0.2) is 31.5 Å². The van der Waals surface area contributed by atoms with Crippen LogP contribution >= 0.6 is 0 Å². The molecular formula is C22H27N3O3S. The van der Waals surface area contributed by atoms with Crippen LogP contribution in [-0.2, 0) is 16.6 Å². The van der Waals surface area contributed by atoms with Gasteiger partial charge in [-0.15, -0.1) is 0 Å². The van der Waals surface area contributed by atoms with Gasteiger partial charge in [0, 0.05) is 11.6 Å². The fraction of sp³-hybridized carbons (Fsp3) is 0.409. The lowest BCUT2D eigenvalue weighted by molar-refractivity contribution is 0.101. The van der Waals surface area contributed by atoms with Crippen LogP contribution in [0.4, 0.5) is 0 Å². The minimum absolute atomic E-state index is 0.219. The van der Waals surface area contributed by atoms with Gasteiger partial charge in [0.2, 0.25) is 10.0 Å². The van der Waals surface area contributed by atoms with E-state index in [1.54, 1.807) is 12.1 Å². The summed E-state index contributed by atoms with van der Waals surface area (Å²) in [4.78, 5) is 4.54. The van der Waals surface area contributed by atoms with Gasteiger partial charge in [-0.1, -0.05) is 31.0 Å². The summed E-state index contributed by atoms with van der Waals surface area (Å²) in [5.74, 6) is 0.562. The Morgan fingerprint density at radius 3 is 2.55 bits per heavy atom. The summed E-state index contributed by atoms with van der Waals surface area (Å²) < 4.78 is 28.4. The third-order valence-electron chi connectivity index (χ3n) is 6.06. The first-order valence-corrected chi connectivity index (χ1v) is 11.5. The summed E-state index contributed by atoms with van der Waals surface area (Å²) in [6.45, 7) is 4.54. The van der Waals surface area contributed by atoms with Crippen molar-refractivity contribution in [2.75, 3.05) is 0 Å². The van der Waals surface area contributed by atoms with Crippen LogP contribution in [0.15, 0.2) is 40.2 Å². The van der Waals surface area contributed by atoms with Gasteiger partial charge in [-0.05, 0) is 66.6 Å². The van der Waals surface area contributed by atoms with Gasteiger partial charge in [-0.3, -0.25) is 4.99 Å². The van der Waals surface area contributed by atoms with Gasteiger partial charge in [-0.2, -0.15) is 0 Å². The lowest BCUT2D eigenvalue weighted by Gasteiger charge is -2.28. The number of nitrogens with one attached hydrogen (secondary N) is 1. The molecule has 0 saturated heterocycles.